The minimum Gasteiger partial charge on any atom is -0.396 e. The number of aliphatic hydroxyl groups is 1. The lowest BCUT2D eigenvalue weighted by Crippen LogP contribution is -2.27. The number of nitrogens with zero attached hydrogens (tertiary/aromatic N) is 2. The van der Waals surface area contributed by atoms with Crippen molar-refractivity contribution in [1.82, 2.24) is 15.1 Å². The van der Waals surface area contributed by atoms with E-state index in [2.05, 4.69) is 10.4 Å². The number of halogens is 1. The monoisotopic (exact) mass is 271 g/mol. The van der Waals surface area contributed by atoms with Crippen molar-refractivity contribution < 1.29 is 9.90 Å². The van der Waals surface area contributed by atoms with Crippen LogP contribution in [0, 0.1) is 12.8 Å². The molecule has 1 aromatic heterocycles. The van der Waals surface area contributed by atoms with Gasteiger partial charge in [-0.2, -0.15) is 5.10 Å². The zero-order valence-corrected chi connectivity index (χ0v) is 11.5. The summed E-state index contributed by atoms with van der Waals surface area (Å²) in [5, 5.41) is 16.2. The molecule has 0 spiro atoms. The topological polar surface area (TPSA) is 67.2 Å². The molecular formula is C12H18ClN3O2. The van der Waals surface area contributed by atoms with Gasteiger partial charge in [0.25, 0.3) is 0 Å². The smallest absolute Gasteiger partial charge is 0.244 e. The molecule has 1 aromatic rings. The lowest BCUT2D eigenvalue weighted by Gasteiger charge is -2.07. The standard InChI is InChI=1S/C12H18ClN3O2/c1-8(7-17)6-14-11(18)5-4-10-9(2)15-16(3)12(10)13/h4-5,8,17H,6-7H2,1-3H3,(H,14,18). The molecule has 6 heteroatoms. The summed E-state index contributed by atoms with van der Waals surface area (Å²) in [6, 6.07) is 0. The Kier molecular flexibility index (Phi) is 5.37. The van der Waals surface area contributed by atoms with E-state index in [1.165, 1.54) is 6.08 Å². The van der Waals surface area contributed by atoms with Gasteiger partial charge >= 0.3 is 0 Å². The Labute approximate surface area is 111 Å². The maximum absolute atomic E-state index is 11.5. The van der Waals surface area contributed by atoms with Crippen molar-refractivity contribution >= 4 is 23.6 Å². The maximum Gasteiger partial charge on any atom is 0.244 e. The summed E-state index contributed by atoms with van der Waals surface area (Å²) in [5.41, 5.74) is 1.51. The lowest BCUT2D eigenvalue weighted by molar-refractivity contribution is -0.116. The molecule has 0 aliphatic heterocycles. The second-order valence-corrected chi connectivity index (χ2v) is 4.64. The molecule has 5 nitrogen and oxygen atoms in total. The lowest BCUT2D eigenvalue weighted by atomic mass is 10.2. The zero-order valence-electron chi connectivity index (χ0n) is 10.8. The van der Waals surface area contributed by atoms with Crippen LogP contribution in [0.4, 0.5) is 0 Å². The number of carbonyl (C=O) groups excluding carboxylic acids is 1. The Balaban J connectivity index is 2.61. The average Bonchev–Trinajstić information content (AvgIpc) is 2.58. The highest BCUT2D eigenvalue weighted by Gasteiger charge is 2.08. The Morgan fingerprint density at radius 1 is 1.67 bits per heavy atom. The van der Waals surface area contributed by atoms with Crippen LogP contribution in [0.25, 0.3) is 6.08 Å². The van der Waals surface area contributed by atoms with Crippen molar-refractivity contribution in [3.8, 4) is 0 Å². The van der Waals surface area contributed by atoms with Gasteiger partial charge in [-0.05, 0) is 18.9 Å². The van der Waals surface area contributed by atoms with E-state index in [1.807, 2.05) is 13.8 Å². The molecule has 1 heterocycles. The van der Waals surface area contributed by atoms with Gasteiger partial charge in [-0.3, -0.25) is 9.48 Å². The van der Waals surface area contributed by atoms with Gasteiger partial charge in [0.05, 0.1) is 5.69 Å². The fourth-order valence-corrected chi connectivity index (χ4v) is 1.63. The number of amides is 1. The summed E-state index contributed by atoms with van der Waals surface area (Å²) in [5.74, 6) is -0.166. The molecule has 0 aliphatic carbocycles. The van der Waals surface area contributed by atoms with Crippen molar-refractivity contribution in [2.45, 2.75) is 13.8 Å². The van der Waals surface area contributed by atoms with Crippen molar-refractivity contribution in [1.29, 1.82) is 0 Å². The third-order valence-corrected chi connectivity index (χ3v) is 2.98. The Morgan fingerprint density at radius 2 is 2.33 bits per heavy atom. The van der Waals surface area contributed by atoms with E-state index in [-0.39, 0.29) is 18.4 Å². The van der Waals surface area contributed by atoms with Crippen LogP contribution in [-0.2, 0) is 11.8 Å². The molecule has 0 bridgehead atoms. The number of hydrogen-bond acceptors (Lipinski definition) is 3. The predicted octanol–water partition coefficient (Wildman–Crippen LogP) is 1.14. The fraction of sp³-hybridized carbons (Fsp3) is 0.500. The second kappa shape index (κ2) is 6.56. The third kappa shape index (κ3) is 3.85. The predicted molar refractivity (Wildman–Crippen MR) is 71.2 cm³/mol. The average molecular weight is 272 g/mol. The normalized spacial score (nSPS) is 12.9. The van der Waals surface area contributed by atoms with Crippen molar-refractivity contribution in [2.75, 3.05) is 13.2 Å². The summed E-state index contributed by atoms with van der Waals surface area (Å²) >= 11 is 6.03. The molecule has 1 unspecified atom stereocenters. The molecule has 0 radical (unpaired) electrons. The van der Waals surface area contributed by atoms with Crippen LogP contribution < -0.4 is 5.32 Å². The fourth-order valence-electron chi connectivity index (χ4n) is 1.39. The Morgan fingerprint density at radius 3 is 2.83 bits per heavy atom. The number of hydrogen-bond donors (Lipinski definition) is 2. The molecule has 0 fully saturated rings. The van der Waals surface area contributed by atoms with Crippen LogP contribution >= 0.6 is 11.6 Å². The van der Waals surface area contributed by atoms with Gasteiger partial charge in [0.1, 0.15) is 5.15 Å². The molecule has 0 saturated heterocycles. The number of aromatic nitrogens is 2. The molecule has 0 saturated carbocycles. The summed E-state index contributed by atoms with van der Waals surface area (Å²) in [6.45, 7) is 4.18. The number of aryl methyl sites for hydroxylation is 2. The summed E-state index contributed by atoms with van der Waals surface area (Å²) in [7, 11) is 1.75. The molecule has 0 aliphatic rings. The first-order chi connectivity index (χ1) is 8.45. The van der Waals surface area contributed by atoms with Crippen LogP contribution in [0.15, 0.2) is 6.08 Å². The first-order valence-corrected chi connectivity index (χ1v) is 6.09. The van der Waals surface area contributed by atoms with Crippen LogP contribution in [-0.4, -0.2) is 33.9 Å². The van der Waals surface area contributed by atoms with Gasteiger partial charge in [0.15, 0.2) is 0 Å². The molecule has 2 N–H and O–H groups in total. The first kappa shape index (κ1) is 14.7. The van der Waals surface area contributed by atoms with Crippen LogP contribution in [0.3, 0.4) is 0 Å². The molecule has 100 valence electrons. The molecule has 1 rings (SSSR count). The van der Waals surface area contributed by atoms with Gasteiger partial charge in [0.2, 0.25) is 5.91 Å². The summed E-state index contributed by atoms with van der Waals surface area (Å²) in [4.78, 5) is 11.5. The summed E-state index contributed by atoms with van der Waals surface area (Å²) < 4.78 is 1.56. The van der Waals surface area contributed by atoms with E-state index in [0.29, 0.717) is 11.7 Å². The first-order valence-electron chi connectivity index (χ1n) is 5.71. The summed E-state index contributed by atoms with van der Waals surface area (Å²) in [6.07, 6.45) is 3.06. The van der Waals surface area contributed by atoms with Crippen molar-refractivity contribution in [3.05, 3.63) is 22.5 Å². The number of nitrogens with one attached hydrogen (secondary N) is 1. The minimum atomic E-state index is -0.213. The SMILES string of the molecule is Cc1nn(C)c(Cl)c1C=CC(=O)NCC(C)CO. The zero-order chi connectivity index (χ0) is 13.7. The maximum atomic E-state index is 11.5. The van der Waals surface area contributed by atoms with E-state index < -0.39 is 0 Å². The Hall–Kier alpha value is -1.33. The van der Waals surface area contributed by atoms with E-state index in [0.717, 1.165) is 11.3 Å². The molecular weight excluding hydrogens is 254 g/mol. The van der Waals surface area contributed by atoms with Gasteiger partial charge in [-0.25, -0.2) is 0 Å². The van der Waals surface area contributed by atoms with Crippen LogP contribution in [0.1, 0.15) is 18.2 Å². The highest BCUT2D eigenvalue weighted by Crippen LogP contribution is 2.19. The quantitative estimate of drug-likeness (QED) is 0.789. The van der Waals surface area contributed by atoms with E-state index in [4.69, 9.17) is 16.7 Å². The molecule has 18 heavy (non-hydrogen) atoms. The van der Waals surface area contributed by atoms with E-state index >= 15 is 0 Å². The van der Waals surface area contributed by atoms with Gasteiger partial charge in [-0.15, -0.1) is 0 Å². The van der Waals surface area contributed by atoms with E-state index in [9.17, 15) is 4.79 Å². The van der Waals surface area contributed by atoms with E-state index in [1.54, 1.807) is 17.8 Å². The van der Waals surface area contributed by atoms with Crippen LogP contribution in [0.2, 0.25) is 5.15 Å². The highest BCUT2D eigenvalue weighted by molar-refractivity contribution is 6.31. The van der Waals surface area contributed by atoms with Crippen LogP contribution in [0.5, 0.6) is 0 Å². The van der Waals surface area contributed by atoms with Gasteiger partial charge in [-0.1, -0.05) is 18.5 Å². The largest absolute Gasteiger partial charge is 0.396 e. The number of carbonyl (C=O) groups is 1. The molecule has 0 aromatic carbocycles. The highest BCUT2D eigenvalue weighted by atomic mass is 35.5. The second-order valence-electron chi connectivity index (χ2n) is 4.28. The Bertz CT molecular complexity index is 454. The van der Waals surface area contributed by atoms with Crippen molar-refractivity contribution in [2.24, 2.45) is 13.0 Å². The van der Waals surface area contributed by atoms with Gasteiger partial charge < -0.3 is 10.4 Å². The van der Waals surface area contributed by atoms with Gasteiger partial charge in [0, 0.05) is 31.8 Å². The number of aliphatic hydroxyl groups excluding tert-OH is 1. The molecule has 1 amide bonds. The number of rotatable bonds is 5. The van der Waals surface area contributed by atoms with Crippen molar-refractivity contribution in [3.63, 3.8) is 0 Å². The minimum absolute atomic E-state index is 0.0473. The molecule has 1 atom stereocenters. The third-order valence-electron chi connectivity index (χ3n) is 2.53.